The lowest BCUT2D eigenvalue weighted by Gasteiger charge is -2.31. The van der Waals surface area contributed by atoms with E-state index in [-0.39, 0.29) is 11.6 Å². The van der Waals surface area contributed by atoms with Gasteiger partial charge >= 0.3 is 0 Å². The second-order valence-electron chi connectivity index (χ2n) is 9.19. The molecule has 2 heterocycles. The zero-order valence-electron chi connectivity index (χ0n) is 21.2. The van der Waals surface area contributed by atoms with Crippen molar-refractivity contribution in [2.24, 2.45) is 0 Å². The molecule has 4 rings (SSSR count). The Morgan fingerprint density at radius 3 is 2.64 bits per heavy atom. The molecule has 194 valence electrons. The molecule has 0 radical (unpaired) electrons. The molecule has 1 aliphatic heterocycles. The number of methoxy groups -OCH3 is 2. The summed E-state index contributed by atoms with van der Waals surface area (Å²) in [5, 5.41) is 4.21. The summed E-state index contributed by atoms with van der Waals surface area (Å²) in [4.78, 5) is 2.42. The van der Waals surface area contributed by atoms with Crippen LogP contribution in [0.15, 0.2) is 60.9 Å². The van der Waals surface area contributed by atoms with Crippen molar-refractivity contribution in [3.05, 3.63) is 72.3 Å². The first-order chi connectivity index (χ1) is 17.6. The number of halogens is 1. The highest BCUT2D eigenvalue weighted by Gasteiger charge is 2.34. The smallest absolute Gasteiger partial charge is 0.165 e. The molecule has 0 amide bonds. The van der Waals surface area contributed by atoms with E-state index in [4.69, 9.17) is 18.9 Å². The second-order valence-corrected chi connectivity index (χ2v) is 9.19. The van der Waals surface area contributed by atoms with E-state index in [1.54, 1.807) is 38.6 Å². The standard InChI is InChI=1S/C28H36FN3O4/c1-33-27-20-23(10-11-26(27)35-19-7-17-32-16-6-14-30-32)21-31-15-5-12-28(34-2,13-18-31)22-36-25-9-4-3-8-24(25)29/h3-4,6,8-11,14,16,20H,5,7,12-13,15,17-19,21-22H2,1-2H3. The van der Waals surface area contributed by atoms with Crippen LogP contribution in [0.4, 0.5) is 4.39 Å². The fraction of sp³-hybridized carbons (Fsp3) is 0.464. The highest BCUT2D eigenvalue weighted by Crippen LogP contribution is 2.31. The van der Waals surface area contributed by atoms with Gasteiger partial charge in [-0.2, -0.15) is 5.10 Å². The molecule has 8 heteroatoms. The van der Waals surface area contributed by atoms with Crippen molar-refractivity contribution in [1.29, 1.82) is 0 Å². The van der Waals surface area contributed by atoms with Gasteiger partial charge in [-0.25, -0.2) is 4.39 Å². The van der Waals surface area contributed by atoms with Crippen LogP contribution in [0, 0.1) is 5.82 Å². The average Bonchev–Trinajstić information content (AvgIpc) is 3.34. The van der Waals surface area contributed by atoms with E-state index in [0.717, 1.165) is 63.4 Å². The summed E-state index contributed by atoms with van der Waals surface area (Å²) in [5.74, 6) is 1.41. The number of rotatable bonds is 12. The van der Waals surface area contributed by atoms with Gasteiger partial charge in [0.25, 0.3) is 0 Å². The summed E-state index contributed by atoms with van der Waals surface area (Å²) >= 11 is 0. The second kappa shape index (κ2) is 12.7. The predicted octanol–water partition coefficient (Wildman–Crippen LogP) is 4.95. The molecule has 2 aromatic carbocycles. The lowest BCUT2D eigenvalue weighted by atomic mass is 9.95. The van der Waals surface area contributed by atoms with Crippen molar-refractivity contribution in [3.8, 4) is 17.2 Å². The van der Waals surface area contributed by atoms with E-state index >= 15 is 0 Å². The van der Waals surface area contributed by atoms with Crippen molar-refractivity contribution < 1.29 is 23.3 Å². The number of hydrogen-bond donors (Lipinski definition) is 0. The predicted molar refractivity (Wildman–Crippen MR) is 136 cm³/mol. The van der Waals surface area contributed by atoms with Crippen LogP contribution in [0.3, 0.4) is 0 Å². The van der Waals surface area contributed by atoms with Crippen LogP contribution < -0.4 is 14.2 Å². The minimum atomic E-state index is -0.428. The Balaban J connectivity index is 1.29. The lowest BCUT2D eigenvalue weighted by Crippen LogP contribution is -2.39. The number of benzene rings is 2. The average molecular weight is 498 g/mol. The number of aromatic nitrogens is 2. The Labute approximate surface area is 212 Å². The quantitative estimate of drug-likeness (QED) is 0.330. The first kappa shape index (κ1) is 26.0. The molecule has 0 N–H and O–H groups in total. The van der Waals surface area contributed by atoms with E-state index in [0.29, 0.717) is 13.2 Å². The van der Waals surface area contributed by atoms with Crippen molar-refractivity contribution in [1.82, 2.24) is 14.7 Å². The number of para-hydroxylation sites is 1. The number of likely N-dealkylation sites (tertiary alicyclic amines) is 1. The number of aryl methyl sites for hydroxylation is 1. The molecular formula is C28H36FN3O4. The Morgan fingerprint density at radius 1 is 0.972 bits per heavy atom. The summed E-state index contributed by atoms with van der Waals surface area (Å²) in [6, 6.07) is 14.6. The third-order valence-electron chi connectivity index (χ3n) is 6.73. The molecule has 1 saturated heterocycles. The molecule has 1 aromatic heterocycles. The number of hydrogen-bond acceptors (Lipinski definition) is 6. The van der Waals surface area contributed by atoms with E-state index < -0.39 is 5.60 Å². The van der Waals surface area contributed by atoms with Crippen molar-refractivity contribution >= 4 is 0 Å². The van der Waals surface area contributed by atoms with Gasteiger partial charge < -0.3 is 18.9 Å². The molecule has 1 fully saturated rings. The molecule has 0 saturated carbocycles. The van der Waals surface area contributed by atoms with E-state index in [1.165, 1.54) is 11.6 Å². The third-order valence-corrected chi connectivity index (χ3v) is 6.73. The molecule has 0 bridgehead atoms. The molecule has 0 spiro atoms. The van der Waals surface area contributed by atoms with Crippen molar-refractivity contribution in [2.75, 3.05) is 40.5 Å². The van der Waals surface area contributed by atoms with E-state index in [1.807, 2.05) is 23.0 Å². The third kappa shape index (κ3) is 6.98. The van der Waals surface area contributed by atoms with Crippen LogP contribution in [-0.4, -0.2) is 60.8 Å². The van der Waals surface area contributed by atoms with Gasteiger partial charge in [0.2, 0.25) is 0 Å². The van der Waals surface area contributed by atoms with E-state index in [9.17, 15) is 4.39 Å². The molecule has 1 unspecified atom stereocenters. The monoisotopic (exact) mass is 497 g/mol. The van der Waals surface area contributed by atoms with Crippen molar-refractivity contribution in [2.45, 2.75) is 44.4 Å². The summed E-state index contributed by atoms with van der Waals surface area (Å²) in [7, 11) is 3.39. The van der Waals surface area contributed by atoms with E-state index in [2.05, 4.69) is 22.1 Å². The maximum atomic E-state index is 14.0. The molecule has 7 nitrogen and oxygen atoms in total. The first-order valence-corrected chi connectivity index (χ1v) is 12.5. The van der Waals surface area contributed by atoms with Gasteiger partial charge in [-0.3, -0.25) is 9.58 Å². The van der Waals surface area contributed by atoms with Crippen LogP contribution in [0.5, 0.6) is 17.2 Å². The summed E-state index contributed by atoms with van der Waals surface area (Å²) in [6.07, 6.45) is 7.24. The van der Waals surface area contributed by atoms with Crippen LogP contribution in [0.1, 0.15) is 31.2 Å². The lowest BCUT2D eigenvalue weighted by molar-refractivity contribution is -0.0548. The Kier molecular flexibility index (Phi) is 9.19. The van der Waals surface area contributed by atoms with Gasteiger partial charge in [0.05, 0.1) is 13.7 Å². The Hall–Kier alpha value is -3.10. The molecule has 3 aromatic rings. The van der Waals surface area contributed by atoms with Gasteiger partial charge in [0, 0.05) is 45.6 Å². The van der Waals surface area contributed by atoms with Crippen LogP contribution in [-0.2, 0) is 17.8 Å². The molecular weight excluding hydrogens is 461 g/mol. The molecule has 1 aliphatic rings. The van der Waals surface area contributed by atoms with Gasteiger partial charge in [0.15, 0.2) is 23.1 Å². The minimum Gasteiger partial charge on any atom is -0.493 e. The Bertz CT molecular complexity index is 1080. The maximum absolute atomic E-state index is 14.0. The SMILES string of the molecule is COc1cc(CN2CCCC(COc3ccccc3F)(OC)CC2)ccc1OCCCn1cccn1. The molecule has 1 atom stereocenters. The highest BCUT2D eigenvalue weighted by atomic mass is 19.1. The van der Waals surface area contributed by atoms with Crippen LogP contribution in [0.25, 0.3) is 0 Å². The summed E-state index contributed by atoms with van der Waals surface area (Å²) in [6.45, 7) is 4.37. The summed E-state index contributed by atoms with van der Waals surface area (Å²) in [5.41, 5.74) is 0.742. The summed E-state index contributed by atoms with van der Waals surface area (Å²) < 4.78 is 39.2. The van der Waals surface area contributed by atoms with Crippen molar-refractivity contribution in [3.63, 3.8) is 0 Å². The van der Waals surface area contributed by atoms with Gasteiger partial charge in [-0.1, -0.05) is 18.2 Å². The molecule has 36 heavy (non-hydrogen) atoms. The topological polar surface area (TPSA) is 58.0 Å². The maximum Gasteiger partial charge on any atom is 0.165 e. The zero-order chi connectivity index (χ0) is 25.2. The zero-order valence-corrected chi connectivity index (χ0v) is 21.2. The number of ether oxygens (including phenoxy) is 4. The normalized spacial score (nSPS) is 18.5. The van der Waals surface area contributed by atoms with Gasteiger partial charge in [0.1, 0.15) is 12.2 Å². The van der Waals surface area contributed by atoms with Gasteiger partial charge in [-0.15, -0.1) is 0 Å². The fourth-order valence-corrected chi connectivity index (χ4v) is 4.59. The van der Waals surface area contributed by atoms with Crippen LogP contribution >= 0.6 is 0 Å². The minimum absolute atomic E-state index is 0.269. The number of nitrogens with zero attached hydrogens (tertiary/aromatic N) is 3. The van der Waals surface area contributed by atoms with Gasteiger partial charge in [-0.05, 0) is 61.7 Å². The highest BCUT2D eigenvalue weighted by molar-refractivity contribution is 5.43. The fourth-order valence-electron chi connectivity index (χ4n) is 4.59. The first-order valence-electron chi connectivity index (χ1n) is 12.5. The van der Waals surface area contributed by atoms with Crippen LogP contribution in [0.2, 0.25) is 0 Å². The molecule has 0 aliphatic carbocycles. The Morgan fingerprint density at radius 2 is 1.86 bits per heavy atom. The largest absolute Gasteiger partial charge is 0.493 e.